The molecule has 0 nitrogen and oxygen atoms in total. The van der Waals surface area contributed by atoms with Gasteiger partial charge in [-0.05, 0) is 11.3 Å². The third kappa shape index (κ3) is 3.63. The van der Waals surface area contributed by atoms with Gasteiger partial charge in [-0.2, -0.15) is 11.4 Å². The van der Waals surface area contributed by atoms with Crippen molar-refractivity contribution < 1.29 is 18.9 Å². The Balaban J connectivity index is 0.00000144. The van der Waals surface area contributed by atoms with Gasteiger partial charge < -0.3 is 0 Å². The first kappa shape index (κ1) is 13.5. The molecule has 0 aromatic rings. The second-order valence-corrected chi connectivity index (χ2v) is 7.13. The van der Waals surface area contributed by atoms with Crippen molar-refractivity contribution in [2.75, 3.05) is 0 Å². The van der Waals surface area contributed by atoms with Crippen LogP contribution in [0.25, 0.3) is 0 Å². The molecule has 0 amide bonds. The summed E-state index contributed by atoms with van der Waals surface area (Å²) in [6.45, 7) is 9.30. The average molecular weight is 188 g/mol. The standard InChI is InChI=1S/C11H18P.Li/c1-9(2)12(10(3)4)11-7-5-6-8-11;/h5,7,9-10H,6H2,1-4H3;/q-1;+1. The maximum Gasteiger partial charge on any atom is 1.00 e. The normalized spacial score (nSPS) is 15.5. The average Bonchev–Trinajstić information content (AvgIpc) is 2.37. The Kier molecular flexibility index (Phi) is 6.32. The molecular weight excluding hydrogens is 170 g/mol. The van der Waals surface area contributed by atoms with Gasteiger partial charge in [0.1, 0.15) is 0 Å². The van der Waals surface area contributed by atoms with E-state index in [-0.39, 0.29) is 26.8 Å². The molecule has 0 saturated heterocycles. The molecule has 0 unspecified atom stereocenters. The van der Waals surface area contributed by atoms with Gasteiger partial charge >= 0.3 is 18.9 Å². The zero-order valence-corrected chi connectivity index (χ0v) is 10.4. The van der Waals surface area contributed by atoms with Gasteiger partial charge in [0.15, 0.2) is 0 Å². The minimum atomic E-state index is 0. The van der Waals surface area contributed by atoms with E-state index in [9.17, 15) is 0 Å². The molecule has 2 heteroatoms. The third-order valence-corrected chi connectivity index (χ3v) is 5.16. The molecule has 0 saturated carbocycles. The fourth-order valence-corrected chi connectivity index (χ4v) is 4.58. The van der Waals surface area contributed by atoms with E-state index in [4.69, 9.17) is 0 Å². The molecule has 0 bridgehead atoms. The van der Waals surface area contributed by atoms with Crippen LogP contribution < -0.4 is 18.9 Å². The molecular formula is C11H18LiP. The Hall–Kier alpha value is 0.507. The molecule has 1 aliphatic carbocycles. The van der Waals surface area contributed by atoms with E-state index < -0.39 is 0 Å². The Labute approximate surface area is 95.8 Å². The molecule has 0 aliphatic heterocycles. The van der Waals surface area contributed by atoms with E-state index in [0.717, 1.165) is 17.7 Å². The number of hydrogen-bond donors (Lipinski definition) is 0. The van der Waals surface area contributed by atoms with Crippen molar-refractivity contribution >= 4 is 7.92 Å². The Morgan fingerprint density at radius 1 is 1.23 bits per heavy atom. The Morgan fingerprint density at radius 3 is 2.08 bits per heavy atom. The van der Waals surface area contributed by atoms with Crippen LogP contribution in [0.2, 0.25) is 0 Å². The SMILES string of the molecule is CC(C)P(C1=[C-]CC=C1)C(C)C.[Li+]. The van der Waals surface area contributed by atoms with Crippen molar-refractivity contribution in [1.29, 1.82) is 0 Å². The second kappa shape index (κ2) is 6.08. The molecule has 1 rings (SSSR count). The first-order valence-corrected chi connectivity index (χ1v) is 6.16. The molecule has 0 radical (unpaired) electrons. The summed E-state index contributed by atoms with van der Waals surface area (Å²) in [5.74, 6) is 0. The minimum absolute atomic E-state index is 0. The monoisotopic (exact) mass is 188 g/mol. The summed E-state index contributed by atoms with van der Waals surface area (Å²) in [6.07, 6.45) is 8.98. The summed E-state index contributed by atoms with van der Waals surface area (Å²) >= 11 is 0. The van der Waals surface area contributed by atoms with Gasteiger partial charge in [0.25, 0.3) is 0 Å². The Bertz CT molecular complexity index is 196. The van der Waals surface area contributed by atoms with Crippen molar-refractivity contribution in [3.63, 3.8) is 0 Å². The van der Waals surface area contributed by atoms with Crippen LogP contribution in [0.3, 0.4) is 0 Å². The van der Waals surface area contributed by atoms with E-state index in [1.807, 2.05) is 0 Å². The first-order chi connectivity index (χ1) is 5.63. The number of rotatable bonds is 3. The van der Waals surface area contributed by atoms with Crippen molar-refractivity contribution in [3.8, 4) is 0 Å². The van der Waals surface area contributed by atoms with Gasteiger partial charge in [0.2, 0.25) is 0 Å². The van der Waals surface area contributed by atoms with Gasteiger partial charge in [-0.15, -0.1) is 14.3 Å². The minimum Gasteiger partial charge on any atom is -0.265 e. The zero-order chi connectivity index (χ0) is 9.14. The summed E-state index contributed by atoms with van der Waals surface area (Å²) < 4.78 is 0. The molecule has 13 heavy (non-hydrogen) atoms. The van der Waals surface area contributed by atoms with Crippen molar-refractivity contribution in [1.82, 2.24) is 0 Å². The van der Waals surface area contributed by atoms with Crippen LogP contribution in [0.4, 0.5) is 0 Å². The van der Waals surface area contributed by atoms with Crippen molar-refractivity contribution in [3.05, 3.63) is 23.5 Å². The molecule has 0 fully saturated rings. The summed E-state index contributed by atoms with van der Waals surface area (Å²) in [7, 11) is 0.0390. The topological polar surface area (TPSA) is 0 Å². The van der Waals surface area contributed by atoms with Crippen molar-refractivity contribution in [2.24, 2.45) is 0 Å². The van der Waals surface area contributed by atoms with E-state index in [2.05, 4.69) is 45.9 Å². The maximum absolute atomic E-state index is 3.45. The van der Waals surface area contributed by atoms with Gasteiger partial charge in [0.05, 0.1) is 0 Å². The van der Waals surface area contributed by atoms with Crippen LogP contribution in [0.15, 0.2) is 17.5 Å². The van der Waals surface area contributed by atoms with E-state index in [1.165, 1.54) is 5.31 Å². The quantitative estimate of drug-likeness (QED) is 0.351. The van der Waals surface area contributed by atoms with Crippen LogP contribution in [-0.4, -0.2) is 11.3 Å². The summed E-state index contributed by atoms with van der Waals surface area (Å²) in [4.78, 5) is 0. The maximum atomic E-state index is 3.45. The van der Waals surface area contributed by atoms with Gasteiger partial charge in [-0.25, -0.2) is 6.08 Å². The van der Waals surface area contributed by atoms with E-state index >= 15 is 0 Å². The molecule has 0 aromatic heterocycles. The van der Waals surface area contributed by atoms with E-state index in [1.54, 1.807) is 0 Å². The Morgan fingerprint density at radius 2 is 1.77 bits per heavy atom. The van der Waals surface area contributed by atoms with Crippen LogP contribution in [-0.2, 0) is 0 Å². The third-order valence-electron chi connectivity index (χ3n) is 2.07. The predicted octanol–water partition coefficient (Wildman–Crippen LogP) is 0.936. The molecule has 0 atom stereocenters. The predicted molar refractivity (Wildman–Crippen MR) is 57.7 cm³/mol. The van der Waals surface area contributed by atoms with Gasteiger partial charge in [0, 0.05) is 0 Å². The number of hydrogen-bond acceptors (Lipinski definition) is 0. The molecule has 68 valence electrons. The molecule has 0 heterocycles. The van der Waals surface area contributed by atoms with E-state index in [0.29, 0.717) is 0 Å². The van der Waals surface area contributed by atoms with Crippen LogP contribution in [0, 0.1) is 6.08 Å². The summed E-state index contributed by atoms with van der Waals surface area (Å²) in [5.41, 5.74) is 1.59. The van der Waals surface area contributed by atoms with Gasteiger partial charge in [-0.3, -0.25) is 6.08 Å². The first-order valence-electron chi connectivity index (χ1n) is 4.68. The smallest absolute Gasteiger partial charge is 0.265 e. The van der Waals surface area contributed by atoms with Crippen molar-refractivity contribution in [2.45, 2.75) is 45.4 Å². The summed E-state index contributed by atoms with van der Waals surface area (Å²) in [5, 5.41) is 1.50. The molecule has 1 aliphatic rings. The fourth-order valence-electron chi connectivity index (χ4n) is 1.72. The van der Waals surface area contributed by atoms with Crippen LogP contribution in [0.5, 0.6) is 0 Å². The van der Waals surface area contributed by atoms with Gasteiger partial charge in [-0.1, -0.05) is 27.7 Å². The zero-order valence-electron chi connectivity index (χ0n) is 9.46. The summed E-state index contributed by atoms with van der Waals surface area (Å²) in [6, 6.07) is 0. The largest absolute Gasteiger partial charge is 1.00 e. The molecule has 0 spiro atoms. The fraction of sp³-hybridized carbons (Fsp3) is 0.636. The molecule has 0 N–H and O–H groups in total. The number of allylic oxidation sites excluding steroid dienone is 4. The molecule has 0 aromatic carbocycles. The van der Waals surface area contributed by atoms with Crippen LogP contribution >= 0.6 is 7.92 Å². The van der Waals surface area contributed by atoms with Crippen LogP contribution in [0.1, 0.15) is 34.1 Å². The second-order valence-electron chi connectivity index (χ2n) is 3.76.